The fraction of sp³-hybridized carbons (Fsp3) is 0.667. The molecule has 0 atom stereocenters. The van der Waals surface area contributed by atoms with Gasteiger partial charge >= 0.3 is 0 Å². The van der Waals surface area contributed by atoms with Crippen molar-refractivity contribution in [3.05, 3.63) is 21.4 Å². The Morgan fingerprint density at radius 3 is 2.56 bits per heavy atom. The fourth-order valence-electron chi connectivity index (χ4n) is 2.90. The minimum atomic E-state index is 0.247. The summed E-state index contributed by atoms with van der Waals surface area (Å²) < 4.78 is 0. The minimum Gasteiger partial charge on any atom is -0.335 e. The van der Waals surface area contributed by atoms with E-state index in [0.717, 1.165) is 17.8 Å². The van der Waals surface area contributed by atoms with Gasteiger partial charge in [-0.2, -0.15) is 0 Å². The Hall–Kier alpha value is -0.830. The van der Waals surface area contributed by atoms with Crippen LogP contribution >= 0.6 is 11.3 Å². The number of thiophene rings is 1. The summed E-state index contributed by atoms with van der Waals surface area (Å²) in [5.74, 6) is 0.247. The lowest BCUT2D eigenvalue weighted by Gasteiger charge is -2.27. The fourth-order valence-corrected chi connectivity index (χ4v) is 3.97. The highest BCUT2D eigenvalue weighted by Crippen LogP contribution is 2.28. The van der Waals surface area contributed by atoms with Gasteiger partial charge < -0.3 is 4.90 Å². The van der Waals surface area contributed by atoms with E-state index in [4.69, 9.17) is 0 Å². The molecule has 0 aromatic carbocycles. The maximum atomic E-state index is 12.6. The van der Waals surface area contributed by atoms with Gasteiger partial charge in [-0.15, -0.1) is 11.3 Å². The molecule has 18 heavy (non-hydrogen) atoms. The SMILES string of the molecule is CCc1sc(C(=O)N(CC)C2CCCC2)cc1C. The average Bonchev–Trinajstić information content (AvgIpc) is 2.99. The standard InChI is InChI=1S/C15H23NOS/c1-4-13-11(3)10-14(18-13)15(17)16(5-2)12-8-6-7-9-12/h10,12H,4-9H2,1-3H3. The van der Waals surface area contributed by atoms with Gasteiger partial charge in [0.15, 0.2) is 0 Å². The molecule has 1 saturated carbocycles. The van der Waals surface area contributed by atoms with E-state index in [1.54, 1.807) is 11.3 Å². The Morgan fingerprint density at radius 2 is 2.06 bits per heavy atom. The number of aryl methyl sites for hydroxylation is 2. The summed E-state index contributed by atoms with van der Waals surface area (Å²) in [6, 6.07) is 2.55. The molecule has 2 nitrogen and oxygen atoms in total. The van der Waals surface area contributed by atoms with Crippen molar-refractivity contribution >= 4 is 17.2 Å². The van der Waals surface area contributed by atoms with E-state index in [0.29, 0.717) is 6.04 Å². The first-order valence-electron chi connectivity index (χ1n) is 7.07. The van der Waals surface area contributed by atoms with Gasteiger partial charge in [0, 0.05) is 17.5 Å². The van der Waals surface area contributed by atoms with Crippen LogP contribution in [-0.4, -0.2) is 23.4 Å². The van der Waals surface area contributed by atoms with Crippen LogP contribution in [-0.2, 0) is 6.42 Å². The Balaban J connectivity index is 2.17. The van der Waals surface area contributed by atoms with Gasteiger partial charge in [0.1, 0.15) is 0 Å². The number of hydrogen-bond acceptors (Lipinski definition) is 2. The van der Waals surface area contributed by atoms with Gasteiger partial charge in [0.05, 0.1) is 4.88 Å². The van der Waals surface area contributed by atoms with Gasteiger partial charge in [-0.3, -0.25) is 4.79 Å². The van der Waals surface area contributed by atoms with Gasteiger partial charge in [-0.1, -0.05) is 19.8 Å². The van der Waals surface area contributed by atoms with Crippen molar-refractivity contribution in [1.82, 2.24) is 4.90 Å². The summed E-state index contributed by atoms with van der Waals surface area (Å²) in [4.78, 5) is 16.9. The largest absolute Gasteiger partial charge is 0.335 e. The third-order valence-corrected chi connectivity index (χ3v) is 5.29. The molecule has 1 amide bonds. The summed E-state index contributed by atoms with van der Waals surface area (Å²) in [5.41, 5.74) is 1.27. The van der Waals surface area contributed by atoms with Gasteiger partial charge in [-0.05, 0) is 44.7 Å². The smallest absolute Gasteiger partial charge is 0.264 e. The third kappa shape index (κ3) is 2.61. The summed E-state index contributed by atoms with van der Waals surface area (Å²) in [6.45, 7) is 7.19. The minimum absolute atomic E-state index is 0.247. The van der Waals surface area contributed by atoms with Crippen molar-refractivity contribution < 1.29 is 4.79 Å². The first kappa shape index (κ1) is 13.6. The summed E-state index contributed by atoms with van der Waals surface area (Å²) in [6.07, 6.45) is 5.95. The molecule has 0 N–H and O–H groups in total. The van der Waals surface area contributed by atoms with Crippen LogP contribution in [0.25, 0.3) is 0 Å². The van der Waals surface area contributed by atoms with Crippen molar-refractivity contribution in [2.75, 3.05) is 6.54 Å². The molecule has 1 fully saturated rings. The quantitative estimate of drug-likeness (QED) is 0.805. The van der Waals surface area contributed by atoms with Gasteiger partial charge in [0.25, 0.3) is 5.91 Å². The van der Waals surface area contributed by atoms with Crippen LogP contribution in [0.4, 0.5) is 0 Å². The van der Waals surface area contributed by atoms with E-state index in [-0.39, 0.29) is 5.91 Å². The maximum Gasteiger partial charge on any atom is 0.264 e. The second-order valence-corrected chi connectivity index (χ2v) is 6.24. The summed E-state index contributed by atoms with van der Waals surface area (Å²) in [7, 11) is 0. The molecule has 3 heteroatoms. The normalized spacial score (nSPS) is 16.2. The van der Waals surface area contributed by atoms with Crippen molar-refractivity contribution in [1.29, 1.82) is 0 Å². The van der Waals surface area contributed by atoms with E-state index in [2.05, 4.69) is 31.7 Å². The second-order valence-electron chi connectivity index (χ2n) is 5.10. The molecule has 1 heterocycles. The molecule has 100 valence electrons. The molecule has 0 saturated heterocycles. The lowest BCUT2D eigenvalue weighted by molar-refractivity contribution is 0.0698. The number of rotatable bonds is 4. The lowest BCUT2D eigenvalue weighted by Crippen LogP contribution is -2.38. The number of carbonyl (C=O) groups is 1. The van der Waals surface area contributed by atoms with Crippen LogP contribution in [0.1, 0.15) is 59.6 Å². The van der Waals surface area contributed by atoms with Gasteiger partial charge in [0.2, 0.25) is 0 Å². The van der Waals surface area contributed by atoms with Crippen molar-refractivity contribution in [3.8, 4) is 0 Å². The van der Waals surface area contributed by atoms with Crippen molar-refractivity contribution in [2.24, 2.45) is 0 Å². The summed E-state index contributed by atoms with van der Waals surface area (Å²) >= 11 is 1.68. The van der Waals surface area contributed by atoms with Crippen LogP contribution in [0.2, 0.25) is 0 Å². The van der Waals surface area contributed by atoms with Crippen molar-refractivity contribution in [3.63, 3.8) is 0 Å². The molecule has 0 aliphatic heterocycles. The summed E-state index contributed by atoms with van der Waals surface area (Å²) in [5, 5.41) is 0. The zero-order valence-electron chi connectivity index (χ0n) is 11.7. The molecule has 2 rings (SSSR count). The predicted molar refractivity (Wildman–Crippen MR) is 77.4 cm³/mol. The van der Waals surface area contributed by atoms with E-state index in [1.165, 1.54) is 36.1 Å². The molecule has 1 aliphatic carbocycles. The van der Waals surface area contributed by atoms with Crippen LogP contribution < -0.4 is 0 Å². The number of hydrogen-bond donors (Lipinski definition) is 0. The third-order valence-electron chi connectivity index (χ3n) is 3.92. The highest BCUT2D eigenvalue weighted by molar-refractivity contribution is 7.14. The monoisotopic (exact) mass is 265 g/mol. The highest BCUT2D eigenvalue weighted by atomic mass is 32.1. The molecular formula is C15H23NOS. The van der Waals surface area contributed by atoms with E-state index < -0.39 is 0 Å². The highest BCUT2D eigenvalue weighted by Gasteiger charge is 2.27. The van der Waals surface area contributed by atoms with Gasteiger partial charge in [-0.25, -0.2) is 0 Å². The maximum absolute atomic E-state index is 12.6. The molecule has 1 aromatic rings. The van der Waals surface area contributed by atoms with Crippen LogP contribution in [0.5, 0.6) is 0 Å². The molecular weight excluding hydrogens is 242 g/mol. The zero-order chi connectivity index (χ0) is 13.1. The number of nitrogens with zero attached hydrogens (tertiary/aromatic N) is 1. The second kappa shape index (κ2) is 5.87. The zero-order valence-corrected chi connectivity index (χ0v) is 12.5. The Bertz CT molecular complexity index is 418. The average molecular weight is 265 g/mol. The Labute approximate surface area is 114 Å². The van der Waals surface area contributed by atoms with Crippen LogP contribution in [0.15, 0.2) is 6.07 Å². The van der Waals surface area contributed by atoms with Crippen LogP contribution in [0.3, 0.4) is 0 Å². The first-order valence-corrected chi connectivity index (χ1v) is 7.89. The molecule has 1 aliphatic rings. The molecule has 0 spiro atoms. The van der Waals surface area contributed by atoms with E-state index in [9.17, 15) is 4.79 Å². The Kier molecular flexibility index (Phi) is 4.44. The molecule has 0 bridgehead atoms. The van der Waals surface area contributed by atoms with Crippen LogP contribution in [0, 0.1) is 6.92 Å². The molecule has 1 aromatic heterocycles. The number of carbonyl (C=O) groups excluding carboxylic acids is 1. The van der Waals surface area contributed by atoms with Crippen molar-refractivity contribution in [2.45, 2.75) is 58.9 Å². The number of amides is 1. The predicted octanol–water partition coefficient (Wildman–Crippen LogP) is 4.02. The molecule has 0 radical (unpaired) electrons. The topological polar surface area (TPSA) is 20.3 Å². The van der Waals surface area contributed by atoms with E-state index >= 15 is 0 Å². The molecule has 0 unspecified atom stereocenters. The lowest BCUT2D eigenvalue weighted by atomic mass is 10.2. The first-order chi connectivity index (χ1) is 8.67. The van der Waals surface area contributed by atoms with E-state index in [1.807, 2.05) is 0 Å². The Morgan fingerprint density at radius 1 is 1.39 bits per heavy atom.